The number of halogens is 4. The molecule has 0 amide bonds. The number of hydrogen-bond acceptors (Lipinski definition) is 5. The molecule has 2 aromatic carbocycles. The minimum absolute atomic E-state index is 0. The first-order valence-corrected chi connectivity index (χ1v) is 10.6. The summed E-state index contributed by atoms with van der Waals surface area (Å²) < 4.78 is 2.52. The summed E-state index contributed by atoms with van der Waals surface area (Å²) in [4.78, 5) is 2.11. The number of amidine groups is 2. The lowest BCUT2D eigenvalue weighted by Crippen LogP contribution is -3.00. The molecule has 0 bridgehead atoms. The molecule has 28 heavy (non-hydrogen) atoms. The molecule has 0 radical (unpaired) electrons. The largest absolute Gasteiger partial charge is 1.00 e. The molecule has 0 aromatic heterocycles. The normalized spacial score (nSPS) is 21.5. The SMILES string of the molecule is CN1CN(c2cccc(Br)c2)N=C1C1=NN(c2cccc(Br)c2)C[N+]1(C)Br.[Br-]. The molecular weight excluding hydrogens is 620 g/mol. The third-order valence-corrected chi connectivity index (χ3v) is 5.94. The summed E-state index contributed by atoms with van der Waals surface area (Å²) in [5.41, 5.74) is 2.07. The van der Waals surface area contributed by atoms with Gasteiger partial charge in [-0.05, 0) is 36.4 Å². The summed E-state index contributed by atoms with van der Waals surface area (Å²) in [6, 6.07) is 16.3. The second kappa shape index (κ2) is 8.43. The van der Waals surface area contributed by atoms with E-state index < -0.39 is 0 Å². The van der Waals surface area contributed by atoms with E-state index in [0.29, 0.717) is 16.8 Å². The number of quaternary nitrogens is 1. The lowest BCUT2D eigenvalue weighted by molar-refractivity contribution is -0.645. The van der Waals surface area contributed by atoms with Gasteiger partial charge < -0.3 is 21.9 Å². The maximum Gasteiger partial charge on any atom is 0.301 e. The van der Waals surface area contributed by atoms with Gasteiger partial charge in [-0.3, -0.25) is 0 Å². The van der Waals surface area contributed by atoms with Crippen LogP contribution in [0.25, 0.3) is 0 Å². The average Bonchev–Trinajstić information content (AvgIpc) is 3.14. The quantitative estimate of drug-likeness (QED) is 0.482. The van der Waals surface area contributed by atoms with E-state index in [1.54, 1.807) is 0 Å². The lowest BCUT2D eigenvalue weighted by atomic mass is 10.3. The maximum absolute atomic E-state index is 4.88. The minimum atomic E-state index is 0. The highest BCUT2D eigenvalue weighted by Crippen LogP contribution is 2.31. The molecule has 2 aliphatic rings. The van der Waals surface area contributed by atoms with E-state index in [-0.39, 0.29) is 17.0 Å². The maximum atomic E-state index is 4.88. The molecule has 2 heterocycles. The van der Waals surface area contributed by atoms with Gasteiger partial charge in [-0.25, -0.2) is 10.0 Å². The molecule has 0 aliphatic carbocycles. The van der Waals surface area contributed by atoms with Crippen molar-refractivity contribution < 1.29 is 20.5 Å². The average molecular weight is 638 g/mol. The van der Waals surface area contributed by atoms with Crippen molar-refractivity contribution in [3.8, 4) is 0 Å². The molecule has 0 fully saturated rings. The highest BCUT2D eigenvalue weighted by Gasteiger charge is 2.44. The van der Waals surface area contributed by atoms with Crippen LogP contribution in [-0.2, 0) is 0 Å². The Bertz CT molecular complexity index is 945. The number of benzene rings is 2. The molecule has 10 heteroatoms. The van der Waals surface area contributed by atoms with Crippen LogP contribution in [0.2, 0.25) is 0 Å². The van der Waals surface area contributed by atoms with E-state index in [0.717, 1.165) is 32.0 Å². The van der Waals surface area contributed by atoms with Gasteiger partial charge in [0, 0.05) is 16.0 Å². The number of hydrazone groups is 2. The van der Waals surface area contributed by atoms with Crippen molar-refractivity contribution in [3.63, 3.8) is 0 Å². The highest BCUT2D eigenvalue weighted by molar-refractivity contribution is 9.10. The van der Waals surface area contributed by atoms with E-state index >= 15 is 0 Å². The Morgan fingerprint density at radius 1 is 0.929 bits per heavy atom. The Labute approximate surface area is 200 Å². The van der Waals surface area contributed by atoms with Crippen LogP contribution < -0.4 is 27.0 Å². The van der Waals surface area contributed by atoms with Gasteiger partial charge in [0.05, 0.1) is 18.4 Å². The van der Waals surface area contributed by atoms with Gasteiger partial charge >= 0.3 is 5.84 Å². The van der Waals surface area contributed by atoms with E-state index in [1.165, 1.54) is 0 Å². The zero-order valence-electron chi connectivity index (χ0n) is 15.2. The third-order valence-electron chi connectivity index (χ3n) is 4.39. The number of hydrogen-bond donors (Lipinski definition) is 0. The third kappa shape index (κ3) is 4.30. The summed E-state index contributed by atoms with van der Waals surface area (Å²) in [5, 5.41) is 13.7. The molecular formula is C18H18Br4N6. The van der Waals surface area contributed by atoms with Gasteiger partial charge in [0.2, 0.25) is 22.0 Å². The van der Waals surface area contributed by atoms with Crippen molar-refractivity contribution in [2.45, 2.75) is 0 Å². The van der Waals surface area contributed by atoms with E-state index in [2.05, 4.69) is 84.2 Å². The molecule has 0 spiro atoms. The van der Waals surface area contributed by atoms with Gasteiger partial charge in [-0.15, -0.1) is 10.2 Å². The molecule has 6 nitrogen and oxygen atoms in total. The van der Waals surface area contributed by atoms with Gasteiger partial charge in [0.15, 0.2) is 6.67 Å². The van der Waals surface area contributed by atoms with Crippen molar-refractivity contribution >= 4 is 71.1 Å². The zero-order chi connectivity index (χ0) is 19.2. The van der Waals surface area contributed by atoms with Gasteiger partial charge in [0.1, 0.15) is 6.67 Å². The fourth-order valence-corrected chi connectivity index (χ4v) is 4.29. The highest BCUT2D eigenvalue weighted by atomic mass is 79.9. The summed E-state index contributed by atoms with van der Waals surface area (Å²) in [7, 11) is 4.11. The molecule has 1 unspecified atom stereocenters. The molecule has 2 aromatic rings. The molecule has 2 aliphatic heterocycles. The monoisotopic (exact) mass is 634 g/mol. The number of likely N-dealkylation sites (N-methyl/N-ethyl adjacent to an activating group) is 2. The summed E-state index contributed by atoms with van der Waals surface area (Å²) in [6.45, 7) is 1.35. The minimum Gasteiger partial charge on any atom is -1.00 e. The molecule has 0 saturated heterocycles. The Kier molecular flexibility index (Phi) is 6.55. The van der Waals surface area contributed by atoms with Crippen LogP contribution in [0.15, 0.2) is 67.7 Å². The van der Waals surface area contributed by atoms with Gasteiger partial charge in [-0.2, -0.15) is 3.51 Å². The fourth-order valence-electron chi connectivity index (χ4n) is 3.07. The standard InChI is InChI=1S/C18H18Br3N6.BrH/c1-24-11-25(15-7-3-5-13(19)9-15)22-17(24)18-23-26(12-27(18,2)21)16-8-4-6-14(20)10-16;/h3-10H,11-12H2,1-2H3;1H/q+1;/p-1. The Hall–Kier alpha value is -0.940. The van der Waals surface area contributed by atoms with E-state index in [9.17, 15) is 0 Å². The van der Waals surface area contributed by atoms with Crippen molar-refractivity contribution in [1.29, 1.82) is 0 Å². The Morgan fingerprint density at radius 3 is 2.07 bits per heavy atom. The first kappa shape index (κ1) is 21.8. The van der Waals surface area contributed by atoms with Crippen molar-refractivity contribution in [2.75, 3.05) is 37.5 Å². The van der Waals surface area contributed by atoms with E-state index in [1.807, 2.05) is 41.3 Å². The van der Waals surface area contributed by atoms with Crippen LogP contribution in [0.4, 0.5) is 11.4 Å². The van der Waals surface area contributed by atoms with Crippen molar-refractivity contribution in [1.82, 2.24) is 4.90 Å². The van der Waals surface area contributed by atoms with Gasteiger partial charge in [-0.1, -0.05) is 44.0 Å². The topological polar surface area (TPSA) is 34.4 Å². The molecule has 4 rings (SSSR count). The van der Waals surface area contributed by atoms with Crippen LogP contribution in [0, 0.1) is 0 Å². The van der Waals surface area contributed by atoms with Gasteiger partial charge in [0.25, 0.3) is 0 Å². The van der Waals surface area contributed by atoms with Crippen LogP contribution >= 0.6 is 48.0 Å². The number of rotatable bonds is 3. The first-order valence-electron chi connectivity index (χ1n) is 8.34. The van der Waals surface area contributed by atoms with E-state index in [4.69, 9.17) is 10.2 Å². The Balaban J connectivity index is 0.00000225. The zero-order valence-corrected chi connectivity index (χ0v) is 21.6. The number of anilines is 2. The van der Waals surface area contributed by atoms with Crippen LogP contribution in [0.3, 0.4) is 0 Å². The van der Waals surface area contributed by atoms with Crippen LogP contribution in [0.5, 0.6) is 0 Å². The summed E-state index contributed by atoms with van der Waals surface area (Å²) in [5.74, 6) is 1.72. The molecule has 0 saturated carbocycles. The van der Waals surface area contributed by atoms with Crippen molar-refractivity contribution in [2.24, 2.45) is 10.2 Å². The number of nitrogens with zero attached hydrogens (tertiary/aromatic N) is 6. The lowest BCUT2D eigenvalue weighted by Gasteiger charge is -2.22. The second-order valence-electron chi connectivity index (χ2n) is 6.66. The summed E-state index contributed by atoms with van der Waals surface area (Å²) in [6.07, 6.45) is 0. The molecule has 148 valence electrons. The first-order chi connectivity index (χ1) is 12.8. The molecule has 1 atom stereocenters. The molecule has 0 N–H and O–H groups in total. The predicted molar refractivity (Wildman–Crippen MR) is 121 cm³/mol. The Morgan fingerprint density at radius 2 is 1.50 bits per heavy atom. The smallest absolute Gasteiger partial charge is 0.301 e. The van der Waals surface area contributed by atoms with Crippen LogP contribution in [-0.4, -0.2) is 47.5 Å². The van der Waals surface area contributed by atoms with Crippen molar-refractivity contribution in [3.05, 3.63) is 57.5 Å². The second-order valence-corrected chi connectivity index (χ2v) is 10.1. The predicted octanol–water partition coefficient (Wildman–Crippen LogP) is 1.79. The fraction of sp³-hybridized carbons (Fsp3) is 0.222. The summed E-state index contributed by atoms with van der Waals surface area (Å²) >= 11 is 10.9. The van der Waals surface area contributed by atoms with Crippen LogP contribution in [0.1, 0.15) is 0 Å².